The lowest BCUT2D eigenvalue weighted by Gasteiger charge is -2.19. The summed E-state index contributed by atoms with van der Waals surface area (Å²) in [6, 6.07) is 0. The number of alkyl halides is 3. The third-order valence-electron chi connectivity index (χ3n) is 3.79. The van der Waals surface area contributed by atoms with E-state index in [-0.39, 0.29) is 32.0 Å². The lowest BCUT2D eigenvalue weighted by molar-refractivity contribution is -0.192. The normalized spacial score (nSPS) is 17.2. The standard InChI is InChI=1S/C9H15F3O.C9H20O/c1-7(2)13-6-5-8(3-4-8)9(10,11)12;1-8(2)10-7-6-9(3,4)5/h7H,3-6H2,1-2H3;8H,6-7H2,1-5H3. The lowest BCUT2D eigenvalue weighted by Crippen LogP contribution is -2.26. The second-order valence-electron chi connectivity index (χ2n) is 8.18. The van der Waals surface area contributed by atoms with Crippen LogP contribution < -0.4 is 0 Å². The van der Waals surface area contributed by atoms with Gasteiger partial charge in [-0.05, 0) is 58.8 Å². The van der Waals surface area contributed by atoms with E-state index in [2.05, 4.69) is 34.6 Å². The fraction of sp³-hybridized carbons (Fsp3) is 1.00. The van der Waals surface area contributed by atoms with Gasteiger partial charge in [-0.1, -0.05) is 20.8 Å². The van der Waals surface area contributed by atoms with E-state index in [4.69, 9.17) is 9.47 Å². The first kappa shape index (κ1) is 22.7. The fourth-order valence-electron chi connectivity index (χ4n) is 1.92. The number of hydrogen-bond donors (Lipinski definition) is 0. The van der Waals surface area contributed by atoms with Crippen LogP contribution in [-0.2, 0) is 9.47 Å². The van der Waals surface area contributed by atoms with Crippen molar-refractivity contribution in [1.82, 2.24) is 0 Å². The Morgan fingerprint density at radius 2 is 1.30 bits per heavy atom. The van der Waals surface area contributed by atoms with Crippen LogP contribution in [-0.4, -0.2) is 31.6 Å². The van der Waals surface area contributed by atoms with E-state index in [1.54, 1.807) is 0 Å². The highest BCUT2D eigenvalue weighted by Crippen LogP contribution is 2.59. The Balaban J connectivity index is 0.000000438. The van der Waals surface area contributed by atoms with E-state index in [1.807, 2.05) is 13.8 Å². The van der Waals surface area contributed by atoms with Crippen LogP contribution in [0.1, 0.15) is 74.1 Å². The highest BCUT2D eigenvalue weighted by Gasteiger charge is 2.62. The Morgan fingerprint density at radius 3 is 1.61 bits per heavy atom. The van der Waals surface area contributed by atoms with Gasteiger partial charge < -0.3 is 9.47 Å². The minimum atomic E-state index is -4.03. The molecule has 0 radical (unpaired) electrons. The molecule has 0 spiro atoms. The Bertz CT molecular complexity index is 313. The number of ether oxygens (including phenoxy) is 2. The van der Waals surface area contributed by atoms with E-state index in [1.165, 1.54) is 0 Å². The molecule has 1 fully saturated rings. The molecular formula is C18H35F3O2. The molecule has 0 heterocycles. The predicted molar refractivity (Wildman–Crippen MR) is 88.6 cm³/mol. The number of rotatable bonds is 7. The van der Waals surface area contributed by atoms with E-state index in [0.29, 0.717) is 11.5 Å². The first-order valence-corrected chi connectivity index (χ1v) is 8.59. The molecule has 1 aliphatic carbocycles. The van der Waals surface area contributed by atoms with Crippen LogP contribution in [0, 0.1) is 10.8 Å². The molecule has 0 N–H and O–H groups in total. The number of halogens is 3. The molecule has 1 rings (SSSR count). The SMILES string of the molecule is CC(C)OCCC(C)(C)C.CC(C)OCCC1(C(F)(F)F)CC1. The molecule has 0 unspecified atom stereocenters. The van der Waals surface area contributed by atoms with Gasteiger partial charge in [-0.25, -0.2) is 0 Å². The maximum Gasteiger partial charge on any atom is 0.394 e. The van der Waals surface area contributed by atoms with E-state index in [9.17, 15) is 13.2 Å². The van der Waals surface area contributed by atoms with Crippen LogP contribution in [0.3, 0.4) is 0 Å². The van der Waals surface area contributed by atoms with Crippen molar-refractivity contribution in [1.29, 1.82) is 0 Å². The summed E-state index contributed by atoms with van der Waals surface area (Å²) in [4.78, 5) is 0. The van der Waals surface area contributed by atoms with E-state index >= 15 is 0 Å². The van der Waals surface area contributed by atoms with Crippen molar-refractivity contribution >= 4 is 0 Å². The van der Waals surface area contributed by atoms with Crippen molar-refractivity contribution in [2.24, 2.45) is 10.8 Å². The van der Waals surface area contributed by atoms with Gasteiger partial charge in [0.2, 0.25) is 0 Å². The van der Waals surface area contributed by atoms with Crippen molar-refractivity contribution in [3.8, 4) is 0 Å². The second-order valence-corrected chi connectivity index (χ2v) is 8.18. The molecule has 1 saturated carbocycles. The molecule has 0 aromatic carbocycles. The molecule has 0 amide bonds. The van der Waals surface area contributed by atoms with E-state index in [0.717, 1.165) is 13.0 Å². The lowest BCUT2D eigenvalue weighted by atomic mass is 9.93. The average Bonchev–Trinajstić information content (AvgIpc) is 3.07. The highest BCUT2D eigenvalue weighted by molar-refractivity contribution is 4.98. The zero-order chi connectivity index (χ0) is 18.3. The van der Waals surface area contributed by atoms with Crippen molar-refractivity contribution in [3.05, 3.63) is 0 Å². The molecule has 2 nitrogen and oxygen atoms in total. The largest absolute Gasteiger partial charge is 0.394 e. The van der Waals surface area contributed by atoms with Gasteiger partial charge in [-0.15, -0.1) is 0 Å². The molecule has 140 valence electrons. The van der Waals surface area contributed by atoms with Crippen LogP contribution >= 0.6 is 0 Å². The molecule has 0 aromatic rings. The van der Waals surface area contributed by atoms with Crippen molar-refractivity contribution in [2.45, 2.75) is 92.5 Å². The van der Waals surface area contributed by atoms with Crippen molar-refractivity contribution in [2.75, 3.05) is 13.2 Å². The molecule has 23 heavy (non-hydrogen) atoms. The van der Waals surface area contributed by atoms with Gasteiger partial charge in [0.15, 0.2) is 0 Å². The molecule has 5 heteroatoms. The summed E-state index contributed by atoms with van der Waals surface area (Å²) >= 11 is 0. The fourth-order valence-corrected chi connectivity index (χ4v) is 1.92. The predicted octanol–water partition coefficient (Wildman–Crippen LogP) is 5.99. The first-order valence-electron chi connectivity index (χ1n) is 8.59. The second kappa shape index (κ2) is 9.26. The van der Waals surface area contributed by atoms with E-state index < -0.39 is 11.6 Å². The van der Waals surface area contributed by atoms with Crippen molar-refractivity contribution < 1.29 is 22.6 Å². The van der Waals surface area contributed by atoms with Gasteiger partial charge in [0, 0.05) is 13.2 Å². The number of hydrogen-bond acceptors (Lipinski definition) is 2. The van der Waals surface area contributed by atoms with Gasteiger partial charge >= 0.3 is 6.18 Å². The third-order valence-corrected chi connectivity index (χ3v) is 3.79. The zero-order valence-corrected chi connectivity index (χ0v) is 15.8. The minimum Gasteiger partial charge on any atom is -0.379 e. The zero-order valence-electron chi connectivity index (χ0n) is 15.8. The van der Waals surface area contributed by atoms with Gasteiger partial charge in [-0.3, -0.25) is 0 Å². The van der Waals surface area contributed by atoms with Crippen LogP contribution in [0.25, 0.3) is 0 Å². The molecular weight excluding hydrogens is 305 g/mol. The summed E-state index contributed by atoms with van der Waals surface area (Å²) in [5.74, 6) is 0. The molecule has 0 saturated heterocycles. The van der Waals surface area contributed by atoms with Crippen LogP contribution in [0.5, 0.6) is 0 Å². The third kappa shape index (κ3) is 11.0. The smallest absolute Gasteiger partial charge is 0.379 e. The highest BCUT2D eigenvalue weighted by atomic mass is 19.4. The summed E-state index contributed by atoms with van der Waals surface area (Å²) in [6.45, 7) is 15.6. The Labute approximate surface area is 140 Å². The van der Waals surface area contributed by atoms with Gasteiger partial charge in [0.25, 0.3) is 0 Å². The van der Waals surface area contributed by atoms with Gasteiger partial charge in [0.1, 0.15) is 0 Å². The summed E-state index contributed by atoms with van der Waals surface area (Å²) in [5.41, 5.74) is -0.989. The molecule has 0 bridgehead atoms. The Morgan fingerprint density at radius 1 is 0.870 bits per heavy atom. The Hall–Kier alpha value is -0.290. The monoisotopic (exact) mass is 340 g/mol. The summed E-state index contributed by atoms with van der Waals surface area (Å²) in [6.07, 6.45) is -1.82. The Kier molecular flexibility index (Phi) is 9.14. The molecule has 0 aliphatic heterocycles. The molecule has 0 atom stereocenters. The maximum absolute atomic E-state index is 12.4. The van der Waals surface area contributed by atoms with Crippen LogP contribution in [0.15, 0.2) is 0 Å². The van der Waals surface area contributed by atoms with Crippen molar-refractivity contribution in [3.63, 3.8) is 0 Å². The minimum absolute atomic E-state index is 0.0176. The van der Waals surface area contributed by atoms with Crippen LogP contribution in [0.4, 0.5) is 13.2 Å². The topological polar surface area (TPSA) is 18.5 Å². The summed E-state index contributed by atoms with van der Waals surface area (Å²) < 4.78 is 47.6. The molecule has 0 aromatic heterocycles. The quantitative estimate of drug-likeness (QED) is 0.566. The maximum atomic E-state index is 12.4. The van der Waals surface area contributed by atoms with Crippen LogP contribution in [0.2, 0.25) is 0 Å². The summed E-state index contributed by atoms with van der Waals surface area (Å²) in [5, 5.41) is 0. The molecule has 1 aliphatic rings. The summed E-state index contributed by atoms with van der Waals surface area (Å²) in [7, 11) is 0. The van der Waals surface area contributed by atoms with Gasteiger partial charge in [-0.2, -0.15) is 13.2 Å². The first-order chi connectivity index (χ1) is 10.3. The van der Waals surface area contributed by atoms with Gasteiger partial charge in [0.05, 0.1) is 17.6 Å². The average molecular weight is 340 g/mol.